The molecule has 12 nitrogen and oxygen atoms in total. The molecule has 8 rings (SSSR count). The number of cyclic esters (lactones) is 1. The Kier molecular flexibility index (Phi) is 7.12. The number of nitriles is 1. The second-order valence-corrected chi connectivity index (χ2v) is 13.6. The van der Waals surface area contributed by atoms with Crippen molar-refractivity contribution < 1.29 is 38.4 Å². The summed E-state index contributed by atoms with van der Waals surface area (Å²) in [6, 6.07) is 2.24. The number of carbonyl (C=O) groups is 2. The number of phenolic OH excluding ortho intramolecular Hbond substituents is 1. The summed E-state index contributed by atoms with van der Waals surface area (Å²) in [6.07, 6.45) is 0.812. The molecule has 0 spiro atoms. The van der Waals surface area contributed by atoms with Crippen molar-refractivity contribution in [3.8, 4) is 34.8 Å². The molecule has 6 aliphatic rings. The van der Waals surface area contributed by atoms with Gasteiger partial charge in [0.05, 0.1) is 30.5 Å². The zero-order valence-corrected chi connectivity index (χ0v) is 26.7. The highest BCUT2D eigenvalue weighted by atomic mass is 32.2. The van der Waals surface area contributed by atoms with E-state index in [9.17, 15) is 20.0 Å². The van der Waals surface area contributed by atoms with E-state index in [1.165, 1.54) is 25.8 Å². The zero-order chi connectivity index (χ0) is 31.9. The van der Waals surface area contributed by atoms with E-state index in [1.54, 1.807) is 0 Å². The van der Waals surface area contributed by atoms with Gasteiger partial charge in [-0.15, -0.1) is 11.8 Å². The molecule has 45 heavy (non-hydrogen) atoms. The number of phenols is 1. The predicted molar refractivity (Wildman–Crippen MR) is 163 cm³/mol. The summed E-state index contributed by atoms with van der Waals surface area (Å²) in [7, 11) is 3.49. The largest absolute Gasteiger partial charge is 0.504 e. The minimum Gasteiger partial charge on any atom is -0.504 e. The van der Waals surface area contributed by atoms with Crippen molar-refractivity contribution >= 4 is 23.7 Å². The average Bonchev–Trinajstić information content (AvgIpc) is 3.39. The minimum absolute atomic E-state index is 0.0238. The van der Waals surface area contributed by atoms with Gasteiger partial charge in [0.15, 0.2) is 23.0 Å². The van der Waals surface area contributed by atoms with Gasteiger partial charge in [-0.1, -0.05) is 13.0 Å². The highest BCUT2D eigenvalue weighted by Gasteiger charge is 2.63. The number of fused-ring (bicyclic) bond motifs is 2. The number of nitrogens with zero attached hydrogens (tertiary/aromatic N) is 3. The normalized spacial score (nSPS) is 30.0. The van der Waals surface area contributed by atoms with Crippen LogP contribution in [-0.2, 0) is 27.2 Å². The number of hydrogen-bond acceptors (Lipinski definition) is 13. The van der Waals surface area contributed by atoms with Gasteiger partial charge in [-0.05, 0) is 31.5 Å². The number of aromatic hydroxyl groups is 1. The molecular weight excluding hydrogens is 600 g/mol. The third kappa shape index (κ3) is 4.15. The van der Waals surface area contributed by atoms with Crippen LogP contribution in [-0.4, -0.2) is 84.3 Å². The van der Waals surface area contributed by atoms with Crippen molar-refractivity contribution in [3.05, 3.63) is 39.4 Å². The average molecular weight is 637 g/mol. The van der Waals surface area contributed by atoms with E-state index in [0.717, 1.165) is 16.7 Å². The summed E-state index contributed by atoms with van der Waals surface area (Å²) in [5, 5.41) is 22.5. The van der Waals surface area contributed by atoms with Crippen LogP contribution in [0.2, 0.25) is 0 Å². The maximum atomic E-state index is 13.1. The molecule has 3 N–H and O–H groups in total. The molecule has 5 unspecified atom stereocenters. The lowest BCUT2D eigenvalue weighted by Crippen LogP contribution is -2.69. The Morgan fingerprint density at radius 3 is 2.69 bits per heavy atom. The first-order chi connectivity index (χ1) is 21.6. The summed E-state index contributed by atoms with van der Waals surface area (Å²) in [6.45, 7) is 5.42. The van der Waals surface area contributed by atoms with E-state index in [4.69, 9.17) is 29.4 Å². The van der Waals surface area contributed by atoms with E-state index >= 15 is 0 Å². The standard InChI is InChI=1S/C32H36N4O8S/c1-6-17-27(44-15(3)37)22-21(29-28(17)42-13-43-29)19-9-41-31(39)18(34)10-45-30(22)24-23-20-16(7-14(2)26(40-5)25(20)38)8-32(11-33,36(19)24)12-35(23)4/h7,18-19,23-24,30,38H,6,8-10,12-13,34H2,1-5H3/t18?,19?,23?,24?,30-,32?/m1/s1. The van der Waals surface area contributed by atoms with Crippen molar-refractivity contribution in [1.82, 2.24) is 9.80 Å². The minimum atomic E-state index is -1.10. The van der Waals surface area contributed by atoms with Crippen LogP contribution in [0.25, 0.3) is 0 Å². The van der Waals surface area contributed by atoms with Gasteiger partial charge in [0.1, 0.15) is 23.9 Å². The first-order valence-corrected chi connectivity index (χ1v) is 16.1. The van der Waals surface area contributed by atoms with E-state index in [0.29, 0.717) is 59.1 Å². The van der Waals surface area contributed by atoms with Crippen LogP contribution in [0, 0.1) is 18.3 Å². The maximum absolute atomic E-state index is 13.1. The number of likely N-dealkylation sites (N-methyl/N-ethyl adjacent to an activating group) is 1. The van der Waals surface area contributed by atoms with Gasteiger partial charge in [-0.25, -0.2) is 0 Å². The van der Waals surface area contributed by atoms with Gasteiger partial charge >= 0.3 is 11.9 Å². The second kappa shape index (κ2) is 10.7. The highest BCUT2D eigenvalue weighted by Crippen LogP contribution is 2.65. The quantitative estimate of drug-likeness (QED) is 0.375. The van der Waals surface area contributed by atoms with Crippen LogP contribution in [0.4, 0.5) is 0 Å². The third-order valence-electron chi connectivity index (χ3n) is 9.83. The predicted octanol–water partition coefficient (Wildman–Crippen LogP) is 2.81. The molecular formula is C32H36N4O8S. The second-order valence-electron chi connectivity index (χ2n) is 12.4. The summed E-state index contributed by atoms with van der Waals surface area (Å²) >= 11 is 1.45. The van der Waals surface area contributed by atoms with E-state index in [2.05, 4.69) is 15.9 Å². The Labute approximate surface area is 265 Å². The van der Waals surface area contributed by atoms with Crippen molar-refractivity contribution in [2.24, 2.45) is 5.73 Å². The lowest BCUT2D eigenvalue weighted by atomic mass is 9.76. The number of esters is 2. The monoisotopic (exact) mass is 636 g/mol. The van der Waals surface area contributed by atoms with E-state index in [-0.39, 0.29) is 24.9 Å². The number of thioether (sulfide) groups is 1. The number of rotatable bonds is 3. The molecule has 0 aromatic heterocycles. The first kappa shape index (κ1) is 30.0. The number of methoxy groups -OCH3 is 1. The molecule has 6 aliphatic heterocycles. The third-order valence-corrected chi connectivity index (χ3v) is 11.3. The number of piperazine rings is 1. The maximum Gasteiger partial charge on any atom is 0.323 e. The van der Waals surface area contributed by atoms with Crippen molar-refractivity contribution in [2.45, 2.75) is 68.6 Å². The van der Waals surface area contributed by atoms with Gasteiger partial charge in [0.2, 0.25) is 6.79 Å². The fraction of sp³-hybridized carbons (Fsp3) is 0.531. The molecule has 0 aliphatic carbocycles. The molecule has 1 saturated heterocycles. The van der Waals surface area contributed by atoms with Crippen LogP contribution < -0.4 is 24.7 Å². The zero-order valence-electron chi connectivity index (χ0n) is 25.8. The molecule has 0 amide bonds. The Balaban J connectivity index is 1.60. The smallest absolute Gasteiger partial charge is 0.323 e. The summed E-state index contributed by atoms with van der Waals surface area (Å²) in [5.74, 6) is 1.01. The number of hydrogen-bond donors (Lipinski definition) is 2. The lowest BCUT2D eigenvalue weighted by molar-refractivity contribution is -0.151. The lowest BCUT2D eigenvalue weighted by Gasteiger charge is -2.60. The van der Waals surface area contributed by atoms with Crippen molar-refractivity contribution in [1.29, 1.82) is 5.26 Å². The van der Waals surface area contributed by atoms with Gasteiger partial charge in [0, 0.05) is 53.9 Å². The van der Waals surface area contributed by atoms with Gasteiger partial charge in [-0.2, -0.15) is 5.26 Å². The summed E-state index contributed by atoms with van der Waals surface area (Å²) in [4.78, 5) is 30.0. The van der Waals surface area contributed by atoms with Crippen LogP contribution in [0.5, 0.6) is 28.7 Å². The van der Waals surface area contributed by atoms with Gasteiger partial charge in [-0.3, -0.25) is 19.4 Å². The SMILES string of the molecule is CCc1c2c(c3c(c1OC(C)=O)[C@H]1SCC(N)C(=O)OCC3N3C1C1c4c(cc(C)c(OC)c4O)CC3(C#N)CN1C)OCO2. The summed E-state index contributed by atoms with van der Waals surface area (Å²) < 4.78 is 29.8. The molecule has 6 heterocycles. The van der Waals surface area contributed by atoms with E-state index < -0.39 is 46.9 Å². The molecule has 0 saturated carbocycles. The van der Waals surface area contributed by atoms with Crippen LogP contribution in [0.1, 0.15) is 64.6 Å². The van der Waals surface area contributed by atoms with Gasteiger partial charge < -0.3 is 34.5 Å². The van der Waals surface area contributed by atoms with Crippen molar-refractivity contribution in [3.63, 3.8) is 0 Å². The molecule has 238 valence electrons. The Morgan fingerprint density at radius 1 is 1.24 bits per heavy atom. The van der Waals surface area contributed by atoms with E-state index in [1.807, 2.05) is 27.0 Å². The number of aryl methyl sites for hydroxylation is 1. The number of nitrogens with two attached hydrogens (primary N) is 1. The van der Waals surface area contributed by atoms with Crippen LogP contribution in [0.3, 0.4) is 0 Å². The molecule has 6 atom stereocenters. The molecule has 13 heteroatoms. The fourth-order valence-corrected chi connectivity index (χ4v) is 9.73. The fourth-order valence-electron chi connectivity index (χ4n) is 8.30. The molecule has 1 fully saturated rings. The Bertz CT molecular complexity index is 1680. The topological polar surface area (TPSA) is 157 Å². The van der Waals surface area contributed by atoms with Crippen LogP contribution >= 0.6 is 11.8 Å². The Hall–Kier alpha value is -3.70. The first-order valence-electron chi connectivity index (χ1n) is 15.1. The number of carbonyl (C=O) groups excluding carboxylic acids is 2. The van der Waals surface area contributed by atoms with Gasteiger partial charge in [0.25, 0.3) is 0 Å². The molecule has 4 bridgehead atoms. The Morgan fingerprint density at radius 2 is 2.00 bits per heavy atom. The summed E-state index contributed by atoms with van der Waals surface area (Å²) in [5.41, 5.74) is 9.67. The van der Waals surface area contributed by atoms with Crippen molar-refractivity contribution in [2.75, 3.05) is 39.9 Å². The highest BCUT2D eigenvalue weighted by molar-refractivity contribution is 7.99. The molecule has 2 aromatic rings. The molecule has 0 radical (unpaired) electrons. The van der Waals surface area contributed by atoms with Crippen LogP contribution in [0.15, 0.2) is 6.07 Å². The number of benzene rings is 2. The number of ether oxygens (including phenoxy) is 5. The molecule has 2 aromatic carbocycles.